The summed E-state index contributed by atoms with van der Waals surface area (Å²) in [5, 5.41) is 8.54. The number of benzene rings is 1. The molecule has 0 radical (unpaired) electrons. The topological polar surface area (TPSA) is 38.7 Å². The van der Waals surface area contributed by atoms with Gasteiger partial charge in [-0.15, -0.1) is 0 Å². The first-order valence-electron chi connectivity index (χ1n) is 3.85. The van der Waals surface area contributed by atoms with Crippen LogP contribution in [-0.4, -0.2) is 25.4 Å². The molecule has 1 aromatic carbocycles. The Hall–Kier alpha value is -0.740. The lowest BCUT2D eigenvalue weighted by atomic mass is 10.3. The van der Waals surface area contributed by atoms with Crippen molar-refractivity contribution in [2.45, 2.75) is 0 Å². The van der Waals surface area contributed by atoms with Gasteiger partial charge in [0.2, 0.25) is 0 Å². The molecule has 0 spiro atoms. The molecule has 1 N–H and O–H groups in total. The van der Waals surface area contributed by atoms with Crippen LogP contribution in [0.1, 0.15) is 0 Å². The monoisotopic (exact) mass is 246 g/mol. The van der Waals surface area contributed by atoms with Gasteiger partial charge >= 0.3 is 0 Å². The van der Waals surface area contributed by atoms with Gasteiger partial charge in [-0.3, -0.25) is 0 Å². The van der Waals surface area contributed by atoms with Crippen LogP contribution in [0, 0.1) is 0 Å². The van der Waals surface area contributed by atoms with Crippen LogP contribution in [0.5, 0.6) is 11.5 Å². The number of halogens is 1. The van der Waals surface area contributed by atoms with E-state index in [2.05, 4.69) is 15.9 Å². The number of aliphatic hydroxyl groups is 1. The van der Waals surface area contributed by atoms with E-state index in [4.69, 9.17) is 14.6 Å². The maximum atomic E-state index is 8.54. The zero-order valence-corrected chi connectivity index (χ0v) is 8.87. The quantitative estimate of drug-likeness (QED) is 0.882. The molecule has 0 aliphatic carbocycles. The highest BCUT2D eigenvalue weighted by molar-refractivity contribution is 9.10. The first kappa shape index (κ1) is 10.3. The lowest BCUT2D eigenvalue weighted by molar-refractivity contribution is 0.201. The van der Waals surface area contributed by atoms with E-state index in [1.54, 1.807) is 25.3 Å². The van der Waals surface area contributed by atoms with Gasteiger partial charge in [-0.05, 0) is 34.1 Å². The molecule has 0 fully saturated rings. The minimum absolute atomic E-state index is 0.0175. The van der Waals surface area contributed by atoms with Gasteiger partial charge in [0.05, 0.1) is 18.2 Å². The molecule has 4 heteroatoms. The van der Waals surface area contributed by atoms with E-state index in [9.17, 15) is 0 Å². The third kappa shape index (κ3) is 2.90. The molecule has 72 valence electrons. The normalized spacial score (nSPS) is 9.77. The molecular formula is C9H11BrO3. The first-order chi connectivity index (χ1) is 6.27. The highest BCUT2D eigenvalue weighted by atomic mass is 79.9. The summed E-state index contributed by atoms with van der Waals surface area (Å²) in [7, 11) is 1.61. The Morgan fingerprint density at radius 1 is 1.46 bits per heavy atom. The van der Waals surface area contributed by atoms with E-state index >= 15 is 0 Å². The van der Waals surface area contributed by atoms with Crippen molar-refractivity contribution in [3.8, 4) is 11.5 Å². The Labute approximate surface area is 85.4 Å². The summed E-state index contributed by atoms with van der Waals surface area (Å²) in [5.41, 5.74) is 0. The molecule has 0 aliphatic rings. The molecule has 0 aliphatic heterocycles. The molecule has 0 unspecified atom stereocenters. The summed E-state index contributed by atoms with van der Waals surface area (Å²) in [5.74, 6) is 1.47. The second-order valence-corrected chi connectivity index (χ2v) is 3.22. The number of hydrogen-bond acceptors (Lipinski definition) is 3. The lowest BCUT2D eigenvalue weighted by Crippen LogP contribution is -2.01. The van der Waals surface area contributed by atoms with Gasteiger partial charge in [-0.25, -0.2) is 0 Å². The largest absolute Gasteiger partial charge is 0.496 e. The Morgan fingerprint density at radius 3 is 2.77 bits per heavy atom. The Kier molecular flexibility index (Phi) is 4.05. The summed E-state index contributed by atoms with van der Waals surface area (Å²) >= 11 is 3.33. The van der Waals surface area contributed by atoms with Gasteiger partial charge in [0.1, 0.15) is 18.1 Å². The van der Waals surface area contributed by atoms with Gasteiger partial charge in [-0.2, -0.15) is 0 Å². The van der Waals surface area contributed by atoms with E-state index in [1.165, 1.54) is 0 Å². The van der Waals surface area contributed by atoms with Gasteiger partial charge in [0, 0.05) is 0 Å². The van der Waals surface area contributed by atoms with E-state index in [1.807, 2.05) is 0 Å². The van der Waals surface area contributed by atoms with Gasteiger partial charge < -0.3 is 14.6 Å². The van der Waals surface area contributed by atoms with E-state index in [0.29, 0.717) is 12.4 Å². The second-order valence-electron chi connectivity index (χ2n) is 2.37. The van der Waals surface area contributed by atoms with Crippen LogP contribution in [-0.2, 0) is 0 Å². The molecule has 0 aromatic heterocycles. The minimum Gasteiger partial charge on any atom is -0.496 e. The van der Waals surface area contributed by atoms with Crippen molar-refractivity contribution in [2.24, 2.45) is 0 Å². The molecule has 0 saturated carbocycles. The van der Waals surface area contributed by atoms with E-state index in [0.717, 1.165) is 10.2 Å². The van der Waals surface area contributed by atoms with Crippen molar-refractivity contribution in [1.29, 1.82) is 0 Å². The van der Waals surface area contributed by atoms with Crippen LogP contribution in [0.15, 0.2) is 22.7 Å². The van der Waals surface area contributed by atoms with Crippen molar-refractivity contribution in [1.82, 2.24) is 0 Å². The number of rotatable bonds is 4. The third-order valence-electron chi connectivity index (χ3n) is 1.48. The highest BCUT2D eigenvalue weighted by Crippen LogP contribution is 2.28. The summed E-state index contributed by atoms with van der Waals surface area (Å²) in [6.07, 6.45) is 0. The highest BCUT2D eigenvalue weighted by Gasteiger charge is 2.01. The van der Waals surface area contributed by atoms with Crippen molar-refractivity contribution in [2.75, 3.05) is 20.3 Å². The summed E-state index contributed by atoms with van der Waals surface area (Å²) in [6.45, 7) is 0.322. The fourth-order valence-electron chi connectivity index (χ4n) is 0.900. The molecule has 3 nitrogen and oxygen atoms in total. The second kappa shape index (κ2) is 5.09. The number of methoxy groups -OCH3 is 1. The van der Waals surface area contributed by atoms with Crippen LogP contribution in [0.25, 0.3) is 0 Å². The van der Waals surface area contributed by atoms with Crippen LogP contribution >= 0.6 is 15.9 Å². The Bertz CT molecular complexity index is 276. The van der Waals surface area contributed by atoms with Crippen LogP contribution in [0.4, 0.5) is 0 Å². The summed E-state index contributed by atoms with van der Waals surface area (Å²) in [4.78, 5) is 0. The van der Waals surface area contributed by atoms with Crippen LogP contribution < -0.4 is 9.47 Å². The van der Waals surface area contributed by atoms with Crippen molar-refractivity contribution < 1.29 is 14.6 Å². The number of ether oxygens (including phenoxy) is 2. The average molecular weight is 247 g/mol. The van der Waals surface area contributed by atoms with Crippen molar-refractivity contribution in [3.05, 3.63) is 22.7 Å². The molecule has 1 aromatic rings. The Balaban J connectivity index is 2.71. The minimum atomic E-state index is 0.0175. The van der Waals surface area contributed by atoms with Crippen molar-refractivity contribution >= 4 is 15.9 Å². The summed E-state index contributed by atoms with van der Waals surface area (Å²) in [6, 6.07) is 5.39. The predicted octanol–water partition coefficient (Wildman–Crippen LogP) is 1.83. The van der Waals surface area contributed by atoms with Gasteiger partial charge in [-0.1, -0.05) is 0 Å². The Morgan fingerprint density at radius 2 is 2.23 bits per heavy atom. The molecule has 0 amide bonds. The van der Waals surface area contributed by atoms with Crippen LogP contribution in [0.3, 0.4) is 0 Å². The SMILES string of the molecule is COc1ccc(OCCO)cc1Br. The summed E-state index contributed by atoms with van der Waals surface area (Å²) < 4.78 is 11.1. The fraction of sp³-hybridized carbons (Fsp3) is 0.333. The van der Waals surface area contributed by atoms with Gasteiger partial charge in [0.25, 0.3) is 0 Å². The molecule has 0 heterocycles. The number of hydrogen-bond donors (Lipinski definition) is 1. The molecule has 0 saturated heterocycles. The number of aliphatic hydroxyl groups excluding tert-OH is 1. The zero-order valence-electron chi connectivity index (χ0n) is 7.29. The first-order valence-corrected chi connectivity index (χ1v) is 4.64. The van der Waals surface area contributed by atoms with E-state index < -0.39 is 0 Å². The maximum Gasteiger partial charge on any atom is 0.133 e. The smallest absolute Gasteiger partial charge is 0.133 e. The lowest BCUT2D eigenvalue weighted by Gasteiger charge is -2.07. The molecule has 13 heavy (non-hydrogen) atoms. The average Bonchev–Trinajstić information content (AvgIpc) is 2.15. The maximum absolute atomic E-state index is 8.54. The standard InChI is InChI=1S/C9H11BrO3/c1-12-9-3-2-7(6-8(9)10)13-5-4-11/h2-3,6,11H,4-5H2,1H3. The molecule has 1 rings (SSSR count). The zero-order chi connectivity index (χ0) is 9.68. The third-order valence-corrected chi connectivity index (χ3v) is 2.10. The predicted molar refractivity (Wildman–Crippen MR) is 53.3 cm³/mol. The molecule has 0 bridgehead atoms. The van der Waals surface area contributed by atoms with Gasteiger partial charge in [0.15, 0.2) is 0 Å². The molecule has 0 atom stereocenters. The molecular weight excluding hydrogens is 236 g/mol. The van der Waals surface area contributed by atoms with Crippen LogP contribution in [0.2, 0.25) is 0 Å². The fourth-order valence-corrected chi connectivity index (χ4v) is 1.42. The van der Waals surface area contributed by atoms with E-state index in [-0.39, 0.29) is 6.61 Å². The van der Waals surface area contributed by atoms with Crippen molar-refractivity contribution in [3.63, 3.8) is 0 Å².